The van der Waals surface area contributed by atoms with Crippen molar-refractivity contribution in [2.75, 3.05) is 0 Å². The first-order valence-electron chi connectivity index (χ1n) is 24.9. The predicted molar refractivity (Wildman–Crippen MR) is 304 cm³/mol. The third-order valence-corrected chi connectivity index (χ3v) is 15.3. The quantitative estimate of drug-likeness (QED) is 0.187. The summed E-state index contributed by atoms with van der Waals surface area (Å²) in [5.41, 5.74) is 11.1. The Bertz CT molecular complexity index is 4800. The molecule has 6 nitrogen and oxygen atoms in total. The molecule has 340 valence electrons. The average molecular weight is 932 g/mol. The molecular formula is C67H41N5O. The molecule has 4 heterocycles. The minimum Gasteiger partial charge on any atom is -0.455 e. The zero-order chi connectivity index (χ0) is 47.7. The zero-order valence-electron chi connectivity index (χ0n) is 39.3. The lowest BCUT2D eigenvalue weighted by atomic mass is 10.00. The van der Waals surface area contributed by atoms with Gasteiger partial charge in [-0.25, -0.2) is 9.98 Å². The van der Waals surface area contributed by atoms with Crippen LogP contribution in [0.5, 0.6) is 0 Å². The Balaban J connectivity index is 1.03. The molecule has 16 rings (SSSR count). The monoisotopic (exact) mass is 931 g/mol. The molecule has 1 aliphatic rings. The summed E-state index contributed by atoms with van der Waals surface area (Å²) >= 11 is 0. The van der Waals surface area contributed by atoms with Crippen molar-refractivity contribution in [3.05, 3.63) is 253 Å². The fourth-order valence-electron chi connectivity index (χ4n) is 12.0. The van der Waals surface area contributed by atoms with E-state index < -0.39 is 6.17 Å². The van der Waals surface area contributed by atoms with E-state index in [1.807, 2.05) is 0 Å². The van der Waals surface area contributed by atoms with Gasteiger partial charge in [0.1, 0.15) is 23.2 Å². The number of fused-ring (bicyclic) bond motifs is 14. The van der Waals surface area contributed by atoms with E-state index in [1.165, 1.54) is 32.3 Å². The SMILES string of the molecule is c1ccc(-n2c3ccccc3c3c(C4=NC(c5cccc6ccccc56)NC(c5cc6oc7c8ccccc8ccc7c6cc5-n5c6cc7ccccc7cc6c6cc7ccccc7cc65)=N4)cccc32)cc1. The average Bonchev–Trinajstić information content (AvgIpc) is 4.10. The molecule has 6 heteroatoms. The van der Waals surface area contributed by atoms with Gasteiger partial charge in [0.15, 0.2) is 5.84 Å². The summed E-state index contributed by atoms with van der Waals surface area (Å²) < 4.78 is 11.9. The molecule has 0 amide bonds. The maximum absolute atomic E-state index is 7.07. The Morgan fingerprint density at radius 1 is 0.384 bits per heavy atom. The van der Waals surface area contributed by atoms with Crippen molar-refractivity contribution in [3.63, 3.8) is 0 Å². The number of rotatable bonds is 5. The molecule has 0 radical (unpaired) electrons. The van der Waals surface area contributed by atoms with Crippen LogP contribution < -0.4 is 5.32 Å². The molecule has 12 aromatic carbocycles. The fourth-order valence-corrected chi connectivity index (χ4v) is 12.0. The predicted octanol–water partition coefficient (Wildman–Crippen LogP) is 16.9. The third kappa shape index (κ3) is 5.98. The largest absolute Gasteiger partial charge is 0.455 e. The van der Waals surface area contributed by atoms with Crippen molar-refractivity contribution in [1.29, 1.82) is 0 Å². The highest BCUT2D eigenvalue weighted by molar-refractivity contribution is 6.25. The second kappa shape index (κ2) is 15.4. The number of hydrogen-bond donors (Lipinski definition) is 1. The van der Waals surface area contributed by atoms with E-state index in [4.69, 9.17) is 14.4 Å². The van der Waals surface area contributed by atoms with E-state index in [0.29, 0.717) is 11.7 Å². The summed E-state index contributed by atoms with van der Waals surface area (Å²) in [6.07, 6.45) is -0.500. The number of nitrogens with zero attached hydrogens (tertiary/aromatic N) is 4. The maximum atomic E-state index is 7.07. The molecule has 0 bridgehead atoms. The first-order valence-corrected chi connectivity index (χ1v) is 24.9. The molecule has 0 spiro atoms. The Morgan fingerprint density at radius 2 is 0.973 bits per heavy atom. The fraction of sp³-hybridized carbons (Fsp3) is 0.0149. The van der Waals surface area contributed by atoms with Gasteiger partial charge in [0.2, 0.25) is 0 Å². The van der Waals surface area contributed by atoms with Gasteiger partial charge in [-0.2, -0.15) is 0 Å². The lowest BCUT2D eigenvalue weighted by Gasteiger charge is -2.26. The highest BCUT2D eigenvalue weighted by atomic mass is 16.3. The summed E-state index contributed by atoms with van der Waals surface area (Å²) in [5, 5.41) is 19.9. The number of hydrogen-bond acceptors (Lipinski definition) is 4. The van der Waals surface area contributed by atoms with Crippen LogP contribution in [0.25, 0.3) is 120 Å². The second-order valence-electron chi connectivity index (χ2n) is 19.3. The standard InChI is InChI=1S/C67H41N5O/c1-2-23-46(24-3-1)71-57-30-13-12-27-51(57)63-52(29-15-31-58(63)71)66-68-65(50-28-14-22-40-16-8-10-25-47(40)50)69-67(70-66)56-39-62-55(49-33-32-41-17-9-11-26-48(41)64(49)73-62)38-61(56)72-59-36-44-20-6-4-18-42(44)34-53(59)54-35-43-19-5-7-21-45(43)37-60(54)72/h1-39,65H,(H,68,69,70). The highest BCUT2D eigenvalue weighted by Crippen LogP contribution is 2.43. The van der Waals surface area contributed by atoms with Gasteiger partial charge in [-0.3, -0.25) is 0 Å². The third-order valence-electron chi connectivity index (χ3n) is 15.3. The zero-order valence-corrected chi connectivity index (χ0v) is 39.3. The van der Waals surface area contributed by atoms with Crippen LogP contribution in [0, 0.1) is 0 Å². The van der Waals surface area contributed by atoms with Gasteiger partial charge < -0.3 is 18.9 Å². The van der Waals surface area contributed by atoms with E-state index in [9.17, 15) is 0 Å². The minimum atomic E-state index is -0.500. The van der Waals surface area contributed by atoms with E-state index in [2.05, 4.69) is 251 Å². The van der Waals surface area contributed by atoms with Crippen LogP contribution in [0.1, 0.15) is 22.9 Å². The van der Waals surface area contributed by atoms with Crippen LogP contribution in [0.3, 0.4) is 0 Å². The van der Waals surface area contributed by atoms with Gasteiger partial charge in [0.25, 0.3) is 0 Å². The highest BCUT2D eigenvalue weighted by Gasteiger charge is 2.29. The van der Waals surface area contributed by atoms with E-state index in [0.717, 1.165) is 104 Å². The maximum Gasteiger partial charge on any atom is 0.160 e. The number of furan rings is 1. The van der Waals surface area contributed by atoms with Gasteiger partial charge >= 0.3 is 0 Å². The number of para-hydroxylation sites is 2. The van der Waals surface area contributed by atoms with Crippen molar-refractivity contribution < 1.29 is 4.42 Å². The van der Waals surface area contributed by atoms with Crippen molar-refractivity contribution in [3.8, 4) is 11.4 Å². The molecule has 1 atom stereocenters. The van der Waals surface area contributed by atoms with Crippen molar-refractivity contribution in [2.24, 2.45) is 9.98 Å². The molecule has 1 aliphatic heterocycles. The minimum absolute atomic E-state index is 0.500. The van der Waals surface area contributed by atoms with Crippen molar-refractivity contribution in [1.82, 2.24) is 14.5 Å². The number of amidine groups is 2. The van der Waals surface area contributed by atoms with Crippen LogP contribution in [-0.2, 0) is 0 Å². The molecule has 73 heavy (non-hydrogen) atoms. The van der Waals surface area contributed by atoms with Crippen LogP contribution in [0.15, 0.2) is 251 Å². The molecule has 0 fully saturated rings. The molecule has 1 unspecified atom stereocenters. The number of aliphatic imine (C=N–C) groups is 2. The van der Waals surface area contributed by atoms with Crippen LogP contribution in [0.2, 0.25) is 0 Å². The van der Waals surface area contributed by atoms with Crippen molar-refractivity contribution >= 4 is 120 Å². The molecule has 3 aromatic heterocycles. The first kappa shape index (κ1) is 40.0. The first-order chi connectivity index (χ1) is 36.2. The second-order valence-corrected chi connectivity index (χ2v) is 19.3. The van der Waals surface area contributed by atoms with Crippen LogP contribution in [-0.4, -0.2) is 20.8 Å². The molecule has 0 saturated carbocycles. The van der Waals surface area contributed by atoms with Crippen molar-refractivity contribution in [2.45, 2.75) is 6.17 Å². The molecule has 0 aliphatic carbocycles. The Morgan fingerprint density at radius 3 is 1.71 bits per heavy atom. The summed E-state index contributed by atoms with van der Waals surface area (Å²) in [5.74, 6) is 1.35. The Labute approximate surface area is 418 Å². The van der Waals surface area contributed by atoms with Gasteiger partial charge in [0, 0.05) is 60.1 Å². The van der Waals surface area contributed by atoms with Gasteiger partial charge in [-0.15, -0.1) is 0 Å². The van der Waals surface area contributed by atoms with Gasteiger partial charge in [0.05, 0.1) is 27.8 Å². The number of aromatic nitrogens is 2. The topological polar surface area (TPSA) is 59.8 Å². The summed E-state index contributed by atoms with van der Waals surface area (Å²) in [4.78, 5) is 11.4. The Hall–Kier alpha value is -9.78. The van der Waals surface area contributed by atoms with E-state index in [-0.39, 0.29) is 0 Å². The lowest BCUT2D eigenvalue weighted by molar-refractivity contribution is 0.670. The molecular weight excluding hydrogens is 891 g/mol. The lowest BCUT2D eigenvalue weighted by Crippen LogP contribution is -2.34. The van der Waals surface area contributed by atoms with E-state index in [1.54, 1.807) is 0 Å². The number of benzene rings is 12. The smallest absolute Gasteiger partial charge is 0.160 e. The molecule has 15 aromatic rings. The molecule has 1 N–H and O–H groups in total. The number of nitrogens with one attached hydrogen (secondary N) is 1. The summed E-state index contributed by atoms with van der Waals surface area (Å²) in [6.45, 7) is 0. The van der Waals surface area contributed by atoms with Crippen LogP contribution in [0.4, 0.5) is 0 Å². The summed E-state index contributed by atoms with van der Waals surface area (Å²) in [7, 11) is 0. The Kier molecular flexibility index (Phi) is 8.42. The molecule has 0 saturated heterocycles. The normalized spacial score (nSPS) is 14.2. The summed E-state index contributed by atoms with van der Waals surface area (Å²) in [6, 6.07) is 85.2. The van der Waals surface area contributed by atoms with Gasteiger partial charge in [-0.1, -0.05) is 170 Å². The van der Waals surface area contributed by atoms with E-state index >= 15 is 0 Å². The van der Waals surface area contributed by atoms with Gasteiger partial charge in [-0.05, 0) is 104 Å². The van der Waals surface area contributed by atoms with Crippen LogP contribution >= 0.6 is 0 Å².